The number of benzene rings is 3. The zero-order valence-corrected chi connectivity index (χ0v) is 16.3. The van der Waals surface area contributed by atoms with Crippen LogP contribution < -0.4 is 5.32 Å². The number of alkyl halides is 3. The first kappa shape index (κ1) is 19.6. The molecule has 6 heteroatoms. The van der Waals surface area contributed by atoms with E-state index in [0.717, 1.165) is 23.0 Å². The second-order valence-corrected chi connectivity index (χ2v) is 7.89. The molecule has 1 heterocycles. The molecular formula is C23H19F3N2S. The number of nitrogens with one attached hydrogen (secondary N) is 1. The molecule has 0 fully saturated rings. The summed E-state index contributed by atoms with van der Waals surface area (Å²) in [6, 6.07) is 25.6. The Morgan fingerprint density at radius 3 is 2.07 bits per heavy atom. The molecule has 29 heavy (non-hydrogen) atoms. The number of hydrogen-bond acceptors (Lipinski definition) is 3. The van der Waals surface area contributed by atoms with E-state index in [0.29, 0.717) is 17.2 Å². The van der Waals surface area contributed by atoms with Gasteiger partial charge in [-0.1, -0.05) is 66.7 Å². The summed E-state index contributed by atoms with van der Waals surface area (Å²) in [6.07, 6.45) is -4.34. The summed E-state index contributed by atoms with van der Waals surface area (Å²) >= 11 is 1.35. The zero-order valence-electron chi connectivity index (χ0n) is 15.5. The van der Waals surface area contributed by atoms with Gasteiger partial charge in [0, 0.05) is 4.90 Å². The van der Waals surface area contributed by atoms with Crippen LogP contribution >= 0.6 is 11.8 Å². The van der Waals surface area contributed by atoms with Crippen molar-refractivity contribution in [2.24, 2.45) is 4.99 Å². The van der Waals surface area contributed by atoms with Gasteiger partial charge >= 0.3 is 6.18 Å². The van der Waals surface area contributed by atoms with Gasteiger partial charge in [0.15, 0.2) is 0 Å². The van der Waals surface area contributed by atoms with Crippen molar-refractivity contribution in [3.63, 3.8) is 0 Å². The summed E-state index contributed by atoms with van der Waals surface area (Å²) < 4.78 is 38.8. The fraction of sp³-hybridized carbons (Fsp3) is 0.174. The van der Waals surface area contributed by atoms with Gasteiger partial charge in [-0.15, -0.1) is 11.8 Å². The lowest BCUT2D eigenvalue weighted by Gasteiger charge is -2.31. The molecular weight excluding hydrogens is 393 g/mol. The van der Waals surface area contributed by atoms with Crippen LogP contribution in [0.3, 0.4) is 0 Å². The van der Waals surface area contributed by atoms with Crippen LogP contribution in [-0.4, -0.2) is 18.1 Å². The van der Waals surface area contributed by atoms with Gasteiger partial charge in [0.1, 0.15) is 11.4 Å². The third-order valence-electron chi connectivity index (χ3n) is 4.93. The zero-order chi connectivity index (χ0) is 20.3. The average Bonchev–Trinajstić information content (AvgIpc) is 3.19. The predicted octanol–water partition coefficient (Wildman–Crippen LogP) is 5.74. The first-order chi connectivity index (χ1) is 14.0. The van der Waals surface area contributed by atoms with Gasteiger partial charge in [-0.3, -0.25) is 4.99 Å². The lowest BCUT2D eigenvalue weighted by atomic mass is 9.83. The molecule has 1 N–H and O–H groups in total. The van der Waals surface area contributed by atoms with Crippen molar-refractivity contribution in [2.45, 2.75) is 16.6 Å². The number of halogens is 3. The maximum atomic E-state index is 12.9. The molecule has 0 radical (unpaired) electrons. The van der Waals surface area contributed by atoms with E-state index in [-0.39, 0.29) is 0 Å². The Morgan fingerprint density at radius 2 is 1.48 bits per heavy atom. The van der Waals surface area contributed by atoms with E-state index >= 15 is 0 Å². The van der Waals surface area contributed by atoms with E-state index in [1.807, 2.05) is 36.4 Å². The molecule has 2 nitrogen and oxygen atoms in total. The van der Waals surface area contributed by atoms with Gasteiger partial charge < -0.3 is 5.32 Å². The topological polar surface area (TPSA) is 24.4 Å². The first-order valence-electron chi connectivity index (χ1n) is 9.20. The normalized spacial score (nSPS) is 15.6. The van der Waals surface area contributed by atoms with E-state index in [1.165, 1.54) is 23.9 Å². The van der Waals surface area contributed by atoms with Crippen LogP contribution in [-0.2, 0) is 11.7 Å². The van der Waals surface area contributed by atoms with Crippen LogP contribution in [0.5, 0.6) is 0 Å². The van der Waals surface area contributed by atoms with Gasteiger partial charge in [-0.25, -0.2) is 0 Å². The Kier molecular flexibility index (Phi) is 5.37. The molecule has 0 spiro atoms. The summed E-state index contributed by atoms with van der Waals surface area (Å²) in [7, 11) is 0. The van der Waals surface area contributed by atoms with Crippen molar-refractivity contribution in [3.05, 3.63) is 102 Å². The SMILES string of the molecule is FC(F)(F)c1cccc(SCC2=NCC(c3ccccc3)(c3ccccc3)N2)c1. The van der Waals surface area contributed by atoms with Crippen molar-refractivity contribution >= 4 is 17.6 Å². The van der Waals surface area contributed by atoms with Crippen LogP contribution in [0.1, 0.15) is 16.7 Å². The highest BCUT2D eigenvalue weighted by atomic mass is 32.2. The fourth-order valence-electron chi connectivity index (χ4n) is 3.47. The Balaban J connectivity index is 1.53. The number of nitrogens with zero attached hydrogens (tertiary/aromatic N) is 1. The summed E-state index contributed by atoms with van der Waals surface area (Å²) in [5.41, 5.74) is 1.11. The van der Waals surface area contributed by atoms with E-state index in [1.54, 1.807) is 6.07 Å². The van der Waals surface area contributed by atoms with Crippen LogP contribution in [0.4, 0.5) is 13.2 Å². The largest absolute Gasteiger partial charge is 0.416 e. The summed E-state index contributed by atoms with van der Waals surface area (Å²) in [5.74, 6) is 1.25. The first-order valence-corrected chi connectivity index (χ1v) is 10.2. The molecule has 1 aliphatic rings. The Labute approximate surface area is 171 Å². The Bertz CT molecular complexity index is 962. The summed E-state index contributed by atoms with van der Waals surface area (Å²) in [5, 5.41) is 3.56. The highest BCUT2D eigenvalue weighted by Gasteiger charge is 2.38. The molecule has 3 aromatic carbocycles. The van der Waals surface area contributed by atoms with Crippen molar-refractivity contribution in [2.75, 3.05) is 12.3 Å². The maximum Gasteiger partial charge on any atom is 0.416 e. The highest BCUT2D eigenvalue weighted by molar-refractivity contribution is 8.00. The second-order valence-electron chi connectivity index (χ2n) is 6.84. The van der Waals surface area contributed by atoms with Crippen molar-refractivity contribution in [1.82, 2.24) is 5.32 Å². The number of thioether (sulfide) groups is 1. The average molecular weight is 412 g/mol. The molecule has 148 valence electrons. The molecule has 0 saturated carbocycles. The second kappa shape index (κ2) is 7.95. The number of aliphatic imine (C=N–C) groups is 1. The minimum absolute atomic E-state index is 0.466. The van der Waals surface area contributed by atoms with Gasteiger partial charge in [0.2, 0.25) is 0 Å². The Morgan fingerprint density at radius 1 is 0.862 bits per heavy atom. The molecule has 1 aliphatic heterocycles. The molecule has 0 aromatic heterocycles. The van der Waals surface area contributed by atoms with Crippen molar-refractivity contribution in [1.29, 1.82) is 0 Å². The van der Waals surface area contributed by atoms with E-state index in [2.05, 4.69) is 29.6 Å². The fourth-order valence-corrected chi connectivity index (χ4v) is 4.33. The van der Waals surface area contributed by atoms with E-state index in [4.69, 9.17) is 4.99 Å². The smallest absolute Gasteiger partial charge is 0.358 e. The molecule has 3 aromatic rings. The third kappa shape index (κ3) is 4.17. The van der Waals surface area contributed by atoms with Crippen molar-refractivity contribution in [3.8, 4) is 0 Å². The molecule has 0 atom stereocenters. The maximum absolute atomic E-state index is 12.9. The number of rotatable bonds is 5. The number of hydrogen-bond donors (Lipinski definition) is 1. The lowest BCUT2D eigenvalue weighted by Crippen LogP contribution is -2.44. The minimum Gasteiger partial charge on any atom is -0.358 e. The molecule has 0 aliphatic carbocycles. The minimum atomic E-state index is -4.34. The molecule has 4 rings (SSSR count). The summed E-state index contributed by atoms with van der Waals surface area (Å²) in [6.45, 7) is 0.541. The quantitative estimate of drug-likeness (QED) is 0.540. The monoisotopic (exact) mass is 412 g/mol. The van der Waals surface area contributed by atoms with Gasteiger partial charge in [-0.2, -0.15) is 13.2 Å². The van der Waals surface area contributed by atoms with Crippen LogP contribution in [0.25, 0.3) is 0 Å². The van der Waals surface area contributed by atoms with Crippen LogP contribution in [0, 0.1) is 0 Å². The standard InChI is InChI=1S/C23H19F3N2S/c24-23(25,26)19-12-7-13-20(14-19)29-15-21-27-16-22(28-21,17-8-3-1-4-9-17)18-10-5-2-6-11-18/h1-14H,15-16H2,(H,27,28). The van der Waals surface area contributed by atoms with E-state index in [9.17, 15) is 13.2 Å². The molecule has 0 bridgehead atoms. The van der Waals surface area contributed by atoms with Crippen LogP contribution in [0.15, 0.2) is 94.8 Å². The van der Waals surface area contributed by atoms with Gasteiger partial charge in [0.05, 0.1) is 17.9 Å². The van der Waals surface area contributed by atoms with Crippen LogP contribution in [0.2, 0.25) is 0 Å². The van der Waals surface area contributed by atoms with E-state index < -0.39 is 17.3 Å². The summed E-state index contributed by atoms with van der Waals surface area (Å²) in [4.78, 5) is 5.26. The highest BCUT2D eigenvalue weighted by Crippen LogP contribution is 2.35. The lowest BCUT2D eigenvalue weighted by molar-refractivity contribution is -0.137. The molecule has 0 unspecified atom stereocenters. The van der Waals surface area contributed by atoms with Gasteiger partial charge in [0.25, 0.3) is 0 Å². The van der Waals surface area contributed by atoms with Crippen molar-refractivity contribution < 1.29 is 13.2 Å². The Hall–Kier alpha value is -2.73. The van der Waals surface area contributed by atoms with Gasteiger partial charge in [-0.05, 0) is 29.3 Å². The number of amidine groups is 1. The third-order valence-corrected chi connectivity index (χ3v) is 5.94. The predicted molar refractivity (Wildman–Crippen MR) is 111 cm³/mol. The molecule has 0 saturated heterocycles. The molecule has 0 amide bonds.